The van der Waals surface area contributed by atoms with Crippen LogP contribution < -0.4 is 5.73 Å². The van der Waals surface area contributed by atoms with Crippen molar-refractivity contribution in [3.8, 4) is 0 Å². The molecule has 0 aliphatic rings. The first-order valence-electron chi connectivity index (χ1n) is 5.57. The van der Waals surface area contributed by atoms with E-state index >= 15 is 0 Å². The van der Waals surface area contributed by atoms with E-state index in [0.717, 1.165) is 9.90 Å². The van der Waals surface area contributed by atoms with Crippen molar-refractivity contribution in [3.63, 3.8) is 0 Å². The summed E-state index contributed by atoms with van der Waals surface area (Å²) in [6.07, 6.45) is 0. The minimum atomic E-state index is -0.129. The molecule has 1 nitrogen and oxygen atoms in total. The molecule has 2 rings (SSSR count). The minimum absolute atomic E-state index is 0.0857. The molecule has 2 N–H and O–H groups in total. The molecular formula is C14H16ClNS. The van der Waals surface area contributed by atoms with Crippen LogP contribution in [0.2, 0.25) is 5.02 Å². The lowest BCUT2D eigenvalue weighted by atomic mass is 9.77. The summed E-state index contributed by atoms with van der Waals surface area (Å²) >= 11 is 7.78. The average Bonchev–Trinajstić information content (AvgIpc) is 2.75. The number of nitrogens with two attached hydrogens (primary N) is 1. The molecule has 0 aliphatic carbocycles. The van der Waals surface area contributed by atoms with Gasteiger partial charge in [-0.15, -0.1) is 11.3 Å². The van der Waals surface area contributed by atoms with Crippen LogP contribution in [0.1, 0.15) is 30.3 Å². The molecule has 2 aromatic rings. The number of rotatable bonds is 3. The monoisotopic (exact) mass is 265 g/mol. The Balaban J connectivity index is 2.37. The van der Waals surface area contributed by atoms with Crippen molar-refractivity contribution in [2.75, 3.05) is 0 Å². The summed E-state index contributed by atoms with van der Waals surface area (Å²) in [7, 11) is 0. The summed E-state index contributed by atoms with van der Waals surface area (Å²) in [6.45, 7) is 4.31. The van der Waals surface area contributed by atoms with Gasteiger partial charge in [0.05, 0.1) is 5.02 Å². The van der Waals surface area contributed by atoms with Gasteiger partial charge < -0.3 is 5.73 Å². The summed E-state index contributed by atoms with van der Waals surface area (Å²) in [5.41, 5.74) is 7.48. The lowest BCUT2D eigenvalue weighted by Crippen LogP contribution is -2.32. The number of hydrogen-bond donors (Lipinski definition) is 1. The van der Waals surface area contributed by atoms with Crippen molar-refractivity contribution in [2.24, 2.45) is 5.73 Å². The summed E-state index contributed by atoms with van der Waals surface area (Å²) in [5.74, 6) is 0. The van der Waals surface area contributed by atoms with E-state index in [-0.39, 0.29) is 11.5 Å². The van der Waals surface area contributed by atoms with Gasteiger partial charge in [0.2, 0.25) is 0 Å². The van der Waals surface area contributed by atoms with Crippen molar-refractivity contribution in [3.05, 3.63) is 57.2 Å². The molecule has 0 bridgehead atoms. The topological polar surface area (TPSA) is 26.0 Å². The van der Waals surface area contributed by atoms with E-state index in [9.17, 15) is 0 Å². The molecule has 0 amide bonds. The van der Waals surface area contributed by atoms with Gasteiger partial charge in [-0.05, 0) is 17.0 Å². The van der Waals surface area contributed by atoms with Crippen LogP contribution in [0.15, 0.2) is 41.8 Å². The van der Waals surface area contributed by atoms with E-state index in [1.54, 1.807) is 11.3 Å². The maximum Gasteiger partial charge on any atom is 0.0561 e. The van der Waals surface area contributed by atoms with E-state index in [1.165, 1.54) is 5.56 Å². The average molecular weight is 266 g/mol. The molecular weight excluding hydrogens is 250 g/mol. The molecule has 0 aliphatic heterocycles. The Morgan fingerprint density at radius 1 is 1.18 bits per heavy atom. The Bertz CT molecular complexity index is 490. The first-order chi connectivity index (χ1) is 8.03. The number of hydrogen-bond acceptors (Lipinski definition) is 2. The number of benzene rings is 1. The third-order valence-electron chi connectivity index (χ3n) is 3.22. The van der Waals surface area contributed by atoms with Gasteiger partial charge in [0.25, 0.3) is 0 Å². The van der Waals surface area contributed by atoms with Gasteiger partial charge in [0.1, 0.15) is 0 Å². The summed E-state index contributed by atoms with van der Waals surface area (Å²) in [4.78, 5) is 1.06. The van der Waals surface area contributed by atoms with Gasteiger partial charge in [0.15, 0.2) is 0 Å². The Morgan fingerprint density at radius 3 is 2.35 bits per heavy atom. The maximum atomic E-state index is 6.38. The highest BCUT2D eigenvalue weighted by molar-refractivity contribution is 7.10. The fourth-order valence-corrected chi connectivity index (χ4v) is 3.26. The largest absolute Gasteiger partial charge is 0.323 e. The number of thiophene rings is 1. The lowest BCUT2D eigenvalue weighted by molar-refractivity contribution is 0.426. The Labute approximate surface area is 111 Å². The Hall–Kier alpha value is -0.830. The molecule has 1 unspecified atom stereocenters. The number of halogens is 1. The molecule has 0 saturated heterocycles. The van der Waals surface area contributed by atoms with Gasteiger partial charge in [-0.1, -0.05) is 55.8 Å². The molecule has 17 heavy (non-hydrogen) atoms. The fraction of sp³-hybridized carbons (Fsp3) is 0.286. The molecule has 1 atom stereocenters. The second kappa shape index (κ2) is 4.81. The zero-order valence-corrected chi connectivity index (χ0v) is 11.6. The van der Waals surface area contributed by atoms with E-state index in [4.69, 9.17) is 17.3 Å². The second-order valence-corrected chi connectivity index (χ2v) is 6.05. The highest BCUT2D eigenvalue weighted by Crippen LogP contribution is 2.39. The van der Waals surface area contributed by atoms with Gasteiger partial charge in [-0.3, -0.25) is 0 Å². The van der Waals surface area contributed by atoms with Crippen molar-refractivity contribution in [1.82, 2.24) is 0 Å². The highest BCUT2D eigenvalue weighted by atomic mass is 35.5. The predicted molar refractivity (Wildman–Crippen MR) is 75.7 cm³/mol. The molecule has 1 aromatic heterocycles. The van der Waals surface area contributed by atoms with Crippen LogP contribution in [0.5, 0.6) is 0 Å². The van der Waals surface area contributed by atoms with Crippen LogP contribution >= 0.6 is 22.9 Å². The van der Waals surface area contributed by atoms with Crippen molar-refractivity contribution >= 4 is 22.9 Å². The highest BCUT2D eigenvalue weighted by Gasteiger charge is 2.31. The standard InChI is InChI=1S/C14H16ClNS/c1-14(2,10-6-4-3-5-7-10)13(16)12-11(15)8-9-17-12/h3-9,13H,16H2,1-2H3. The molecule has 90 valence electrons. The molecule has 1 aromatic carbocycles. The second-order valence-electron chi connectivity index (χ2n) is 4.70. The molecule has 0 radical (unpaired) electrons. The van der Waals surface area contributed by atoms with Crippen molar-refractivity contribution < 1.29 is 0 Å². The third-order valence-corrected chi connectivity index (χ3v) is 4.66. The van der Waals surface area contributed by atoms with Gasteiger partial charge in [0, 0.05) is 16.3 Å². The molecule has 0 spiro atoms. The smallest absolute Gasteiger partial charge is 0.0561 e. The van der Waals surface area contributed by atoms with Crippen LogP contribution in [0, 0.1) is 0 Å². The Morgan fingerprint density at radius 2 is 1.82 bits per heavy atom. The van der Waals surface area contributed by atoms with E-state index < -0.39 is 0 Å². The summed E-state index contributed by atoms with van der Waals surface area (Å²) in [6, 6.07) is 12.1. The summed E-state index contributed by atoms with van der Waals surface area (Å²) < 4.78 is 0. The van der Waals surface area contributed by atoms with Crippen LogP contribution in [0.25, 0.3) is 0 Å². The zero-order valence-electron chi connectivity index (χ0n) is 9.98. The van der Waals surface area contributed by atoms with Crippen LogP contribution in [0.3, 0.4) is 0 Å². The summed E-state index contributed by atoms with van der Waals surface area (Å²) in [5, 5.41) is 2.75. The molecule has 0 fully saturated rings. The van der Waals surface area contributed by atoms with Gasteiger partial charge in [-0.2, -0.15) is 0 Å². The van der Waals surface area contributed by atoms with Gasteiger partial charge >= 0.3 is 0 Å². The van der Waals surface area contributed by atoms with E-state index in [1.807, 2.05) is 29.6 Å². The maximum absolute atomic E-state index is 6.38. The van der Waals surface area contributed by atoms with Crippen molar-refractivity contribution in [1.29, 1.82) is 0 Å². The fourth-order valence-electron chi connectivity index (χ4n) is 1.90. The van der Waals surface area contributed by atoms with Crippen LogP contribution in [-0.2, 0) is 5.41 Å². The predicted octanol–water partition coefficient (Wildman–Crippen LogP) is 4.38. The van der Waals surface area contributed by atoms with Crippen LogP contribution in [-0.4, -0.2) is 0 Å². The lowest BCUT2D eigenvalue weighted by Gasteiger charge is -2.31. The first kappa shape index (κ1) is 12.6. The third kappa shape index (κ3) is 2.39. The zero-order chi connectivity index (χ0) is 12.5. The SMILES string of the molecule is CC(C)(c1ccccc1)C(N)c1sccc1Cl. The quantitative estimate of drug-likeness (QED) is 0.876. The molecule has 3 heteroatoms. The molecule has 1 heterocycles. The van der Waals surface area contributed by atoms with Gasteiger partial charge in [-0.25, -0.2) is 0 Å². The molecule has 0 saturated carbocycles. The van der Waals surface area contributed by atoms with Crippen LogP contribution in [0.4, 0.5) is 0 Å². The van der Waals surface area contributed by atoms with E-state index in [0.29, 0.717) is 0 Å². The first-order valence-corrected chi connectivity index (χ1v) is 6.83. The van der Waals surface area contributed by atoms with E-state index in [2.05, 4.69) is 26.0 Å². The minimum Gasteiger partial charge on any atom is -0.323 e. The normalized spacial score (nSPS) is 13.6. The Kier molecular flexibility index (Phi) is 3.57. The van der Waals surface area contributed by atoms with Crippen molar-refractivity contribution in [2.45, 2.75) is 25.3 Å².